The minimum Gasteiger partial charge on any atom is -0.497 e. The Morgan fingerprint density at radius 2 is 1.49 bits per heavy atom. The number of aliphatic hydroxyl groups is 2. The van der Waals surface area contributed by atoms with Crippen LogP contribution in [-0.2, 0) is 15.1 Å². The van der Waals surface area contributed by atoms with Gasteiger partial charge in [0.1, 0.15) is 17.5 Å². The van der Waals surface area contributed by atoms with E-state index in [-0.39, 0.29) is 6.61 Å². The van der Waals surface area contributed by atoms with Crippen LogP contribution in [0.4, 0.5) is 0 Å². The number of nitrogens with zero attached hydrogens (tertiary/aromatic N) is 1. The molecule has 3 aromatic carbocycles. The van der Waals surface area contributed by atoms with Gasteiger partial charge in [-0.3, -0.25) is 14.3 Å². The fraction of sp³-hybridized carbons (Fsp3) is 0.267. The first-order chi connectivity index (χ1) is 19.0. The minimum atomic E-state index is -1.20. The number of aromatic amines is 1. The van der Waals surface area contributed by atoms with Gasteiger partial charge >= 0.3 is 5.69 Å². The average Bonchev–Trinajstić information content (AvgIpc) is 3.29. The van der Waals surface area contributed by atoms with Crippen molar-refractivity contribution in [2.24, 2.45) is 5.92 Å². The molecule has 4 atom stereocenters. The third kappa shape index (κ3) is 5.05. The second kappa shape index (κ2) is 11.4. The van der Waals surface area contributed by atoms with Crippen LogP contribution in [-0.4, -0.2) is 52.3 Å². The number of methoxy groups -OCH3 is 1. The van der Waals surface area contributed by atoms with Crippen LogP contribution in [0.2, 0.25) is 0 Å². The van der Waals surface area contributed by atoms with Gasteiger partial charge in [-0.2, -0.15) is 0 Å². The number of H-pyrrole nitrogens is 1. The quantitative estimate of drug-likeness (QED) is 0.284. The van der Waals surface area contributed by atoms with Gasteiger partial charge in [-0.15, -0.1) is 0 Å². The molecule has 39 heavy (non-hydrogen) atoms. The van der Waals surface area contributed by atoms with Crippen LogP contribution < -0.4 is 16.0 Å². The molecule has 4 aromatic rings. The summed E-state index contributed by atoms with van der Waals surface area (Å²) in [5, 5.41) is 21.4. The van der Waals surface area contributed by atoms with Gasteiger partial charge < -0.3 is 24.4 Å². The summed E-state index contributed by atoms with van der Waals surface area (Å²) in [6.07, 6.45) is -1.86. The summed E-state index contributed by atoms with van der Waals surface area (Å²) >= 11 is 0. The van der Waals surface area contributed by atoms with E-state index >= 15 is 0 Å². The number of aromatic nitrogens is 2. The summed E-state index contributed by atoms with van der Waals surface area (Å²) in [6, 6.07) is 28.3. The molecule has 9 nitrogen and oxygen atoms in total. The Labute approximate surface area is 224 Å². The summed E-state index contributed by atoms with van der Waals surface area (Å²) in [6.45, 7) is -0.414. The summed E-state index contributed by atoms with van der Waals surface area (Å²) in [5.74, 6) is 0.00629. The standard InChI is InChI=1S/C30H30N2O7/c1-37-23-14-12-22(13-15-23)30(20-8-4-2-5-9-20,21-10-6-3-7-11-21)38-19-24-25(18-33)39-28(27(24)35)32-17-16-26(34)31-29(32)36/h2-17,24-25,27-28,33,35H,18-19H2,1H3,(H,31,34,36)/t24-,25-,27-,28-/m1/s1. The molecule has 1 aromatic heterocycles. The molecule has 0 radical (unpaired) electrons. The third-order valence-corrected chi connectivity index (χ3v) is 7.18. The van der Waals surface area contributed by atoms with Crippen molar-refractivity contribution in [3.05, 3.63) is 135 Å². The first-order valence-corrected chi connectivity index (χ1v) is 12.6. The van der Waals surface area contributed by atoms with E-state index in [9.17, 15) is 19.8 Å². The van der Waals surface area contributed by atoms with E-state index in [0.29, 0.717) is 5.75 Å². The largest absolute Gasteiger partial charge is 0.497 e. The number of benzene rings is 3. The fourth-order valence-corrected chi connectivity index (χ4v) is 5.18. The highest BCUT2D eigenvalue weighted by Gasteiger charge is 2.47. The van der Waals surface area contributed by atoms with Crippen molar-refractivity contribution >= 4 is 0 Å². The maximum Gasteiger partial charge on any atom is 0.330 e. The highest BCUT2D eigenvalue weighted by molar-refractivity contribution is 5.48. The van der Waals surface area contributed by atoms with E-state index in [0.717, 1.165) is 21.3 Å². The Morgan fingerprint density at radius 3 is 2.03 bits per heavy atom. The van der Waals surface area contributed by atoms with Crippen molar-refractivity contribution in [1.82, 2.24) is 9.55 Å². The van der Waals surface area contributed by atoms with Crippen LogP contribution >= 0.6 is 0 Å². The molecule has 0 unspecified atom stereocenters. The molecule has 0 saturated carbocycles. The van der Waals surface area contributed by atoms with Gasteiger partial charge in [0.2, 0.25) is 0 Å². The Balaban J connectivity index is 1.56. The molecule has 1 fully saturated rings. The van der Waals surface area contributed by atoms with E-state index in [4.69, 9.17) is 14.2 Å². The van der Waals surface area contributed by atoms with Gasteiger partial charge in [-0.25, -0.2) is 4.79 Å². The number of nitrogens with one attached hydrogen (secondary N) is 1. The summed E-state index contributed by atoms with van der Waals surface area (Å²) in [4.78, 5) is 26.1. The molecule has 1 aliphatic heterocycles. The summed E-state index contributed by atoms with van der Waals surface area (Å²) in [5.41, 5.74) is 0.209. The summed E-state index contributed by atoms with van der Waals surface area (Å²) in [7, 11) is 1.60. The molecule has 202 valence electrons. The monoisotopic (exact) mass is 530 g/mol. The van der Waals surface area contributed by atoms with Crippen LogP contribution in [0.3, 0.4) is 0 Å². The molecule has 9 heteroatoms. The van der Waals surface area contributed by atoms with Crippen LogP contribution in [0, 0.1) is 5.92 Å². The van der Waals surface area contributed by atoms with Gasteiger partial charge in [-0.05, 0) is 28.8 Å². The first-order valence-electron chi connectivity index (χ1n) is 12.6. The first kappa shape index (κ1) is 26.6. The molecule has 3 N–H and O–H groups in total. The lowest BCUT2D eigenvalue weighted by molar-refractivity contribution is -0.0578. The lowest BCUT2D eigenvalue weighted by atomic mass is 9.79. The maximum absolute atomic E-state index is 12.4. The van der Waals surface area contributed by atoms with Crippen molar-refractivity contribution in [2.45, 2.75) is 24.0 Å². The van der Waals surface area contributed by atoms with E-state index in [1.165, 1.54) is 12.3 Å². The molecular weight excluding hydrogens is 500 g/mol. The zero-order valence-electron chi connectivity index (χ0n) is 21.3. The molecule has 2 heterocycles. The number of rotatable bonds is 9. The molecule has 1 aliphatic rings. The second-order valence-corrected chi connectivity index (χ2v) is 9.37. The van der Waals surface area contributed by atoms with Gasteiger partial charge in [0.05, 0.1) is 26.4 Å². The predicted molar refractivity (Wildman–Crippen MR) is 144 cm³/mol. The van der Waals surface area contributed by atoms with Crippen molar-refractivity contribution in [2.75, 3.05) is 20.3 Å². The zero-order chi connectivity index (χ0) is 27.4. The average molecular weight is 531 g/mol. The second-order valence-electron chi connectivity index (χ2n) is 9.37. The van der Waals surface area contributed by atoms with Crippen molar-refractivity contribution in [3.8, 4) is 5.75 Å². The van der Waals surface area contributed by atoms with E-state index < -0.39 is 47.8 Å². The lowest BCUT2D eigenvalue weighted by Crippen LogP contribution is -2.40. The van der Waals surface area contributed by atoms with Gasteiger partial charge in [0.15, 0.2) is 6.23 Å². The highest BCUT2D eigenvalue weighted by Crippen LogP contribution is 2.43. The SMILES string of the molecule is COc1ccc(C(OC[C@H]2[C@@H](O)[C@H](n3ccc(=O)[nH]c3=O)O[C@@H]2CO)(c2ccccc2)c2ccccc2)cc1. The van der Waals surface area contributed by atoms with Crippen molar-refractivity contribution < 1.29 is 24.4 Å². The third-order valence-electron chi connectivity index (χ3n) is 7.18. The number of hydrogen-bond donors (Lipinski definition) is 3. The lowest BCUT2D eigenvalue weighted by Gasteiger charge is -2.37. The van der Waals surface area contributed by atoms with Crippen LogP contribution in [0.25, 0.3) is 0 Å². The normalized spacial score (nSPS) is 21.1. The Bertz CT molecular complexity index is 1450. The Hall–Kier alpha value is -4.02. The fourth-order valence-electron chi connectivity index (χ4n) is 5.18. The Morgan fingerprint density at radius 1 is 0.897 bits per heavy atom. The van der Waals surface area contributed by atoms with Gasteiger partial charge in [0.25, 0.3) is 5.56 Å². The predicted octanol–water partition coefficient (Wildman–Crippen LogP) is 2.42. The number of ether oxygens (including phenoxy) is 3. The molecule has 0 amide bonds. The molecule has 1 saturated heterocycles. The maximum atomic E-state index is 12.4. The van der Waals surface area contributed by atoms with Crippen molar-refractivity contribution in [1.29, 1.82) is 0 Å². The van der Waals surface area contributed by atoms with E-state index in [1.54, 1.807) is 7.11 Å². The number of aliphatic hydroxyl groups excluding tert-OH is 2. The van der Waals surface area contributed by atoms with E-state index in [1.807, 2.05) is 84.9 Å². The van der Waals surface area contributed by atoms with Crippen LogP contribution in [0.1, 0.15) is 22.9 Å². The van der Waals surface area contributed by atoms with Crippen LogP contribution in [0.15, 0.2) is 107 Å². The van der Waals surface area contributed by atoms with Gasteiger partial charge in [-0.1, -0.05) is 72.8 Å². The van der Waals surface area contributed by atoms with E-state index in [2.05, 4.69) is 4.98 Å². The van der Waals surface area contributed by atoms with Gasteiger partial charge in [0, 0.05) is 18.2 Å². The minimum absolute atomic E-state index is 0.0170. The summed E-state index contributed by atoms with van der Waals surface area (Å²) < 4.78 is 19.2. The molecule has 5 rings (SSSR count). The Kier molecular flexibility index (Phi) is 7.76. The van der Waals surface area contributed by atoms with Crippen LogP contribution in [0.5, 0.6) is 5.75 Å². The zero-order valence-corrected chi connectivity index (χ0v) is 21.3. The van der Waals surface area contributed by atoms with Crippen molar-refractivity contribution in [3.63, 3.8) is 0 Å². The molecule has 0 aliphatic carbocycles. The molecule has 0 spiro atoms. The number of hydrogen-bond acceptors (Lipinski definition) is 7. The highest BCUT2D eigenvalue weighted by atomic mass is 16.6. The molecule has 0 bridgehead atoms. The topological polar surface area (TPSA) is 123 Å². The molecular formula is C30H30N2O7. The smallest absolute Gasteiger partial charge is 0.330 e.